The number of nitrogens with one attached hydrogen (secondary N) is 1. The molecule has 0 amide bonds. The number of rotatable bonds is 4. The van der Waals surface area contributed by atoms with Gasteiger partial charge in [-0.15, -0.1) is 17.5 Å². The summed E-state index contributed by atoms with van der Waals surface area (Å²) in [6.07, 6.45) is 2.14. The van der Waals surface area contributed by atoms with Gasteiger partial charge < -0.3 is 23.0 Å². The average molecular weight is 518 g/mol. The number of guanidine groups is 1. The van der Waals surface area contributed by atoms with E-state index >= 15 is 0 Å². The molecule has 0 saturated heterocycles. The van der Waals surface area contributed by atoms with Crippen LogP contribution in [0, 0.1) is 5.41 Å². The van der Waals surface area contributed by atoms with E-state index in [0.717, 1.165) is 0 Å². The number of halogens is 5. The maximum Gasteiger partial charge on any atom is 0.208 e. The van der Waals surface area contributed by atoms with Crippen molar-refractivity contribution >= 4 is 83.1 Å². The first kappa shape index (κ1) is 29.8. The van der Waals surface area contributed by atoms with Crippen molar-refractivity contribution in [2.24, 2.45) is 33.1 Å². The molecule has 0 spiro atoms. The third-order valence-corrected chi connectivity index (χ3v) is 3.48. The molecule has 0 bridgehead atoms. The van der Waals surface area contributed by atoms with E-state index in [-0.39, 0.29) is 46.2 Å². The number of aromatic nitrogens is 2. The third-order valence-electron chi connectivity index (χ3n) is 2.46. The number of nitrogens with zero attached hydrogens (tertiary/aromatic N) is 4. The van der Waals surface area contributed by atoms with Crippen LogP contribution in [-0.2, 0) is 0 Å². The minimum Gasteiger partial charge on any atom is -0.386 e. The standard InChI is InChI=1S/C8H8Cl2N4.C6H3Cl2NO.CH6N4.ClH/c9-6-2-1-5(8(10)14-6)3-13-4-7(11)12;7-5-2-1-4(3-10)6(8)9-5;2-1(3)5-4;/h1-3H,4H2,(H3,11,12);1-3H;4H2,(H4,2,3,5);1H. The molecule has 10 nitrogen and oxygen atoms in total. The minimum absolute atomic E-state index is 0. The molecule has 2 aromatic rings. The number of aldehydes is 1. The Morgan fingerprint density at radius 1 is 0.967 bits per heavy atom. The molecule has 15 heteroatoms. The maximum absolute atomic E-state index is 10.2. The first-order chi connectivity index (χ1) is 13.6. The fourth-order valence-corrected chi connectivity index (χ4v) is 2.06. The van der Waals surface area contributed by atoms with Crippen molar-refractivity contribution in [1.29, 1.82) is 5.41 Å². The van der Waals surface area contributed by atoms with Gasteiger partial charge in [-0.3, -0.25) is 15.2 Å². The van der Waals surface area contributed by atoms with Crippen molar-refractivity contribution < 1.29 is 4.79 Å². The van der Waals surface area contributed by atoms with Crippen molar-refractivity contribution in [3.63, 3.8) is 0 Å². The van der Waals surface area contributed by atoms with Gasteiger partial charge in [0.05, 0.1) is 12.1 Å². The minimum atomic E-state index is -0.0926. The lowest BCUT2D eigenvalue weighted by atomic mass is 10.3. The molecule has 0 fully saturated rings. The van der Waals surface area contributed by atoms with Crippen LogP contribution in [0.3, 0.4) is 0 Å². The maximum atomic E-state index is 10.2. The lowest BCUT2D eigenvalue weighted by Crippen LogP contribution is -2.23. The molecular formula is C15H18Cl5N9O. The van der Waals surface area contributed by atoms with Crippen LogP contribution in [0.5, 0.6) is 0 Å². The van der Waals surface area contributed by atoms with Crippen LogP contribution in [0.1, 0.15) is 15.9 Å². The number of carbonyl (C=O) groups excluding carboxylic acids is 1. The van der Waals surface area contributed by atoms with Gasteiger partial charge in [-0.2, -0.15) is 0 Å². The van der Waals surface area contributed by atoms with Crippen LogP contribution in [0.4, 0.5) is 0 Å². The average Bonchev–Trinajstić information content (AvgIpc) is 2.64. The Labute approximate surface area is 198 Å². The first-order valence-electron chi connectivity index (χ1n) is 7.31. The Morgan fingerprint density at radius 3 is 1.73 bits per heavy atom. The largest absolute Gasteiger partial charge is 0.386 e. The number of hydrogen-bond acceptors (Lipinski definition) is 7. The van der Waals surface area contributed by atoms with Gasteiger partial charge in [-0.25, -0.2) is 9.97 Å². The second kappa shape index (κ2) is 16.4. The van der Waals surface area contributed by atoms with E-state index in [2.05, 4.69) is 25.9 Å². The number of nitrogens with two attached hydrogens (primary N) is 4. The molecule has 0 aliphatic rings. The van der Waals surface area contributed by atoms with Gasteiger partial charge in [0.1, 0.15) is 26.4 Å². The van der Waals surface area contributed by atoms with Crippen molar-refractivity contribution in [2.75, 3.05) is 6.54 Å². The summed E-state index contributed by atoms with van der Waals surface area (Å²) in [5, 5.41) is 10.8. The Hall–Kier alpha value is -2.37. The molecule has 0 saturated carbocycles. The SMILES string of the molecule is Cl.N=C(N)CN=Cc1ccc(Cl)nc1Cl.NN=C(N)N.O=Cc1ccc(Cl)nc1Cl. The number of hydrazone groups is 1. The molecule has 2 aromatic heterocycles. The topological polar surface area (TPSA) is 196 Å². The van der Waals surface area contributed by atoms with Crippen molar-refractivity contribution in [1.82, 2.24) is 9.97 Å². The molecule has 164 valence electrons. The number of carbonyl (C=O) groups is 1. The fourth-order valence-electron chi connectivity index (χ4n) is 1.27. The zero-order valence-electron chi connectivity index (χ0n) is 15.1. The second-order valence-corrected chi connectivity index (χ2v) is 6.19. The zero-order chi connectivity index (χ0) is 22.4. The van der Waals surface area contributed by atoms with Crippen LogP contribution in [-0.4, -0.2) is 40.8 Å². The summed E-state index contributed by atoms with van der Waals surface area (Å²) in [7, 11) is 0. The van der Waals surface area contributed by atoms with Crippen LogP contribution in [0.2, 0.25) is 20.6 Å². The summed E-state index contributed by atoms with van der Waals surface area (Å²) in [5.74, 6) is 4.42. The van der Waals surface area contributed by atoms with Gasteiger partial charge >= 0.3 is 0 Å². The van der Waals surface area contributed by atoms with Gasteiger partial charge in [0.2, 0.25) is 5.96 Å². The molecule has 0 aromatic carbocycles. The molecule has 30 heavy (non-hydrogen) atoms. The predicted molar refractivity (Wildman–Crippen MR) is 126 cm³/mol. The second-order valence-electron chi connectivity index (χ2n) is 4.69. The Balaban J connectivity index is 0. The van der Waals surface area contributed by atoms with E-state index in [1.807, 2.05) is 0 Å². The molecule has 0 aliphatic carbocycles. The normalized spacial score (nSPS) is 9.20. The molecule has 2 rings (SSSR count). The zero-order valence-corrected chi connectivity index (χ0v) is 18.9. The smallest absolute Gasteiger partial charge is 0.208 e. The number of pyridine rings is 2. The summed E-state index contributed by atoms with van der Waals surface area (Å²) < 4.78 is 0. The van der Waals surface area contributed by atoms with Gasteiger partial charge in [-0.1, -0.05) is 46.4 Å². The lowest BCUT2D eigenvalue weighted by Gasteiger charge is -1.96. The van der Waals surface area contributed by atoms with E-state index in [0.29, 0.717) is 22.6 Å². The lowest BCUT2D eigenvalue weighted by molar-refractivity contribution is 0.112. The van der Waals surface area contributed by atoms with E-state index in [1.54, 1.807) is 12.1 Å². The van der Waals surface area contributed by atoms with Crippen LogP contribution >= 0.6 is 58.8 Å². The number of aliphatic imine (C=N–C) groups is 1. The molecule has 2 heterocycles. The highest BCUT2D eigenvalue weighted by Gasteiger charge is 2.00. The Kier molecular flexibility index (Phi) is 16.3. The van der Waals surface area contributed by atoms with Gasteiger partial charge in [0, 0.05) is 11.8 Å². The molecule has 9 N–H and O–H groups in total. The quantitative estimate of drug-likeness (QED) is 0.102. The first-order valence-corrected chi connectivity index (χ1v) is 8.82. The van der Waals surface area contributed by atoms with E-state index in [1.165, 1.54) is 18.3 Å². The highest BCUT2D eigenvalue weighted by molar-refractivity contribution is 6.34. The summed E-state index contributed by atoms with van der Waals surface area (Å²) in [5.41, 5.74) is 15.5. The van der Waals surface area contributed by atoms with Crippen molar-refractivity contribution in [2.45, 2.75) is 0 Å². The Bertz CT molecular complexity index is 889. The highest BCUT2D eigenvalue weighted by atomic mass is 35.5. The molecule has 0 unspecified atom stereocenters. The van der Waals surface area contributed by atoms with Gasteiger partial charge in [0.25, 0.3) is 0 Å². The molecule has 0 aliphatic heterocycles. The summed E-state index contributed by atoms with van der Waals surface area (Å²) in [6, 6.07) is 6.34. The van der Waals surface area contributed by atoms with E-state index in [4.69, 9.17) is 69.0 Å². The van der Waals surface area contributed by atoms with E-state index < -0.39 is 0 Å². The van der Waals surface area contributed by atoms with Gasteiger partial charge in [-0.05, 0) is 24.3 Å². The molecule has 0 atom stereocenters. The molecule has 0 radical (unpaired) electrons. The van der Waals surface area contributed by atoms with E-state index in [9.17, 15) is 4.79 Å². The van der Waals surface area contributed by atoms with Crippen molar-refractivity contribution in [3.8, 4) is 0 Å². The number of hydrogen-bond donors (Lipinski definition) is 5. The third kappa shape index (κ3) is 13.7. The highest BCUT2D eigenvalue weighted by Crippen LogP contribution is 2.15. The summed E-state index contributed by atoms with van der Waals surface area (Å²) >= 11 is 22.3. The summed E-state index contributed by atoms with van der Waals surface area (Å²) in [4.78, 5) is 21.5. The Morgan fingerprint density at radius 2 is 1.40 bits per heavy atom. The summed E-state index contributed by atoms with van der Waals surface area (Å²) in [6.45, 7) is 0.152. The van der Waals surface area contributed by atoms with Gasteiger partial charge in [0.15, 0.2) is 6.29 Å². The molecular weight excluding hydrogens is 499 g/mol. The van der Waals surface area contributed by atoms with Crippen LogP contribution in [0.25, 0.3) is 0 Å². The van der Waals surface area contributed by atoms with Crippen LogP contribution < -0.4 is 23.0 Å². The fraction of sp³-hybridized carbons (Fsp3) is 0.0667. The van der Waals surface area contributed by atoms with Crippen molar-refractivity contribution in [3.05, 3.63) is 56.0 Å². The predicted octanol–water partition coefficient (Wildman–Crippen LogP) is 2.50. The monoisotopic (exact) mass is 515 g/mol. The van der Waals surface area contributed by atoms with Crippen LogP contribution in [0.15, 0.2) is 34.4 Å². The number of amidine groups is 1.